The molecule has 2 unspecified atom stereocenters. The topological polar surface area (TPSA) is 0 Å². The van der Waals surface area contributed by atoms with Crippen molar-refractivity contribution < 1.29 is 0 Å². The Morgan fingerprint density at radius 1 is 1.56 bits per heavy atom. The molecule has 0 heterocycles. The molecule has 9 heavy (non-hydrogen) atoms. The molecule has 0 nitrogen and oxygen atoms in total. The summed E-state index contributed by atoms with van der Waals surface area (Å²) in [5, 5.41) is 0.273. The zero-order valence-electron chi connectivity index (χ0n) is 5.20. The lowest BCUT2D eigenvalue weighted by Gasteiger charge is -2.02. The molecule has 53 valence electrons. The molecule has 0 aromatic carbocycles. The van der Waals surface area contributed by atoms with Crippen LogP contribution in [0.15, 0.2) is 0 Å². The summed E-state index contributed by atoms with van der Waals surface area (Å²) in [6.07, 6.45) is 3.13. The van der Waals surface area contributed by atoms with Crippen molar-refractivity contribution in [3.63, 3.8) is 0 Å². The molecule has 0 aliphatic rings. The summed E-state index contributed by atoms with van der Waals surface area (Å²) in [6, 6.07) is 0. The first-order valence-electron chi connectivity index (χ1n) is 2.74. The van der Waals surface area contributed by atoms with Crippen LogP contribution >= 0.6 is 27.5 Å². The molecule has 1 radical (unpaired) electrons. The Labute approximate surface area is 87.0 Å². The van der Waals surface area contributed by atoms with E-state index >= 15 is 0 Å². The summed E-state index contributed by atoms with van der Waals surface area (Å²) >= 11 is 9.06. The highest BCUT2D eigenvalue weighted by Crippen LogP contribution is 2.10. The third-order valence-electron chi connectivity index (χ3n) is 0.786. The highest BCUT2D eigenvalue weighted by Gasteiger charge is 1.99. The van der Waals surface area contributed by atoms with Gasteiger partial charge in [-0.05, 0) is 19.8 Å². The molecule has 3 heteroatoms. The van der Waals surface area contributed by atoms with Gasteiger partial charge in [-0.25, -0.2) is 0 Å². The quantitative estimate of drug-likeness (QED) is 0.509. The maximum absolute atomic E-state index is 5.67. The maximum Gasteiger partial charge on any atom is 0.316 e. The minimum absolute atomic E-state index is 0. The van der Waals surface area contributed by atoms with E-state index in [1.165, 1.54) is 0 Å². The van der Waals surface area contributed by atoms with Crippen LogP contribution in [0.1, 0.15) is 20.3 Å². The Morgan fingerprint density at radius 3 is 2.11 bits per heavy atom. The molecular formula is C6H13BrClMg. The zero-order valence-corrected chi connectivity index (χ0v) is 7.54. The van der Waals surface area contributed by atoms with Crippen LogP contribution < -0.4 is 0 Å². The summed E-state index contributed by atoms with van der Waals surface area (Å²) in [4.78, 5) is 0.490. The van der Waals surface area contributed by atoms with E-state index in [1.54, 1.807) is 0 Å². The van der Waals surface area contributed by atoms with Gasteiger partial charge in [0.1, 0.15) is 0 Å². The van der Waals surface area contributed by atoms with E-state index in [1.807, 2.05) is 6.92 Å². The van der Waals surface area contributed by atoms with Gasteiger partial charge in [0, 0.05) is 10.2 Å². The second-order valence-corrected chi connectivity index (χ2v) is 4.12. The summed E-state index contributed by atoms with van der Waals surface area (Å²) in [5.41, 5.74) is 0. The van der Waals surface area contributed by atoms with Gasteiger partial charge in [-0.15, -0.1) is 11.6 Å². The molecule has 0 saturated heterocycles. The van der Waals surface area contributed by atoms with Crippen LogP contribution in [-0.4, -0.2) is 33.3 Å². The second kappa shape index (κ2) is 7.64. The van der Waals surface area contributed by atoms with Crippen LogP contribution in [0, 0.1) is 6.42 Å². The molecule has 0 spiro atoms. The summed E-state index contributed by atoms with van der Waals surface area (Å²) < 4.78 is 0. The number of halogens is 2. The first-order chi connectivity index (χ1) is 3.63. The van der Waals surface area contributed by atoms with Gasteiger partial charge in [0.2, 0.25) is 0 Å². The van der Waals surface area contributed by atoms with Gasteiger partial charge < -0.3 is 0 Å². The van der Waals surface area contributed by atoms with Crippen molar-refractivity contribution in [3.8, 4) is 0 Å². The molecular weight excluding hydrogens is 212 g/mol. The van der Waals surface area contributed by atoms with E-state index in [-0.39, 0.29) is 28.4 Å². The maximum atomic E-state index is 5.67. The van der Waals surface area contributed by atoms with Crippen molar-refractivity contribution in [2.75, 3.05) is 0 Å². The van der Waals surface area contributed by atoms with Crippen LogP contribution in [0.3, 0.4) is 0 Å². The van der Waals surface area contributed by atoms with E-state index in [0.29, 0.717) is 4.83 Å². The molecule has 0 bridgehead atoms. The van der Waals surface area contributed by atoms with Crippen molar-refractivity contribution in [2.24, 2.45) is 0 Å². The third kappa shape index (κ3) is 12.7. The molecule has 0 fully saturated rings. The predicted molar refractivity (Wildman–Crippen MR) is 51.2 cm³/mol. The largest absolute Gasteiger partial charge is 0.316 e. The molecule has 0 aliphatic heterocycles. The van der Waals surface area contributed by atoms with Gasteiger partial charge in [0.15, 0.2) is 0 Å². The SMILES string of the molecule is CC(Br)[CH]CC(C)Cl.[MgH2]. The third-order valence-corrected chi connectivity index (χ3v) is 1.34. The van der Waals surface area contributed by atoms with Gasteiger partial charge in [-0.2, -0.15) is 0 Å². The van der Waals surface area contributed by atoms with Gasteiger partial charge in [-0.1, -0.05) is 22.9 Å². The Hall–Kier alpha value is 1.54. The van der Waals surface area contributed by atoms with Gasteiger partial charge in [-0.3, -0.25) is 0 Å². The van der Waals surface area contributed by atoms with E-state index in [4.69, 9.17) is 11.6 Å². The van der Waals surface area contributed by atoms with Crippen molar-refractivity contribution in [3.05, 3.63) is 6.42 Å². The average molecular weight is 225 g/mol. The normalized spacial score (nSPS) is 16.0. The standard InChI is InChI=1S/C6H11BrCl.Mg.2H/c1-5(7)3-4-6(2)8;;;/h3,5-6H,4H2,1-2H3;;;. The molecule has 0 aromatic rings. The fourth-order valence-electron chi connectivity index (χ4n) is 0.375. The monoisotopic (exact) mass is 223 g/mol. The fraction of sp³-hybridized carbons (Fsp3) is 0.833. The van der Waals surface area contributed by atoms with Crippen LogP contribution in [0.5, 0.6) is 0 Å². The lowest BCUT2D eigenvalue weighted by Crippen LogP contribution is -1.97. The highest BCUT2D eigenvalue weighted by atomic mass is 79.9. The Bertz CT molecular complexity index is 49.0. The van der Waals surface area contributed by atoms with Crippen LogP contribution in [-0.2, 0) is 0 Å². The molecule has 0 aliphatic carbocycles. The van der Waals surface area contributed by atoms with Crippen molar-refractivity contribution in [2.45, 2.75) is 30.5 Å². The van der Waals surface area contributed by atoms with Gasteiger partial charge >= 0.3 is 23.1 Å². The number of alkyl halides is 2. The minimum Gasteiger partial charge on any atom is -0.123 e. The molecule has 0 amide bonds. The number of rotatable bonds is 3. The zero-order chi connectivity index (χ0) is 6.57. The summed E-state index contributed by atoms with van der Waals surface area (Å²) in [5.74, 6) is 0. The van der Waals surface area contributed by atoms with E-state index in [2.05, 4.69) is 29.3 Å². The number of hydrogen-bond acceptors (Lipinski definition) is 0. The highest BCUT2D eigenvalue weighted by molar-refractivity contribution is 9.09. The first kappa shape index (κ1) is 13.1. The van der Waals surface area contributed by atoms with Crippen molar-refractivity contribution in [1.82, 2.24) is 0 Å². The van der Waals surface area contributed by atoms with Crippen LogP contribution in [0.2, 0.25) is 0 Å². The molecule has 0 N–H and O–H groups in total. The van der Waals surface area contributed by atoms with Gasteiger partial charge in [0.05, 0.1) is 0 Å². The van der Waals surface area contributed by atoms with Crippen molar-refractivity contribution >= 4 is 50.6 Å². The van der Waals surface area contributed by atoms with Crippen LogP contribution in [0.4, 0.5) is 0 Å². The molecule has 0 rings (SSSR count). The van der Waals surface area contributed by atoms with E-state index in [0.717, 1.165) is 6.42 Å². The average Bonchev–Trinajstić information content (AvgIpc) is 1.61. The lowest BCUT2D eigenvalue weighted by molar-refractivity contribution is 0.872. The number of hydrogen-bond donors (Lipinski definition) is 0. The Balaban J connectivity index is 0. The van der Waals surface area contributed by atoms with Crippen molar-refractivity contribution in [1.29, 1.82) is 0 Å². The second-order valence-electron chi connectivity index (χ2n) is 1.93. The molecule has 0 saturated carbocycles. The Kier molecular flexibility index (Phi) is 11.2. The van der Waals surface area contributed by atoms with Gasteiger partial charge in [0.25, 0.3) is 0 Å². The summed E-state index contributed by atoms with van der Waals surface area (Å²) in [6.45, 7) is 4.08. The fourth-order valence-corrected chi connectivity index (χ4v) is 0.694. The molecule has 0 aromatic heterocycles. The Morgan fingerprint density at radius 2 is 2.00 bits per heavy atom. The first-order valence-corrected chi connectivity index (χ1v) is 4.09. The summed E-state index contributed by atoms with van der Waals surface area (Å²) in [7, 11) is 0. The van der Waals surface area contributed by atoms with E-state index in [9.17, 15) is 0 Å². The van der Waals surface area contributed by atoms with E-state index < -0.39 is 0 Å². The lowest BCUT2D eigenvalue weighted by atomic mass is 10.2. The smallest absolute Gasteiger partial charge is 0.123 e. The van der Waals surface area contributed by atoms with Crippen LogP contribution in [0.25, 0.3) is 0 Å². The predicted octanol–water partition coefficient (Wildman–Crippen LogP) is 2.08. The minimum atomic E-state index is 0. The molecule has 2 atom stereocenters.